The average Bonchev–Trinajstić information content (AvgIpc) is 3.25. The zero-order valence-corrected chi connectivity index (χ0v) is 12.7. The summed E-state index contributed by atoms with van der Waals surface area (Å²) in [7, 11) is 0. The van der Waals surface area contributed by atoms with Crippen LogP contribution >= 0.6 is 0 Å². The first-order chi connectivity index (χ1) is 10.6. The number of hydrogen-bond donors (Lipinski definition) is 2. The average molecular weight is 309 g/mol. The van der Waals surface area contributed by atoms with Gasteiger partial charge in [-0.2, -0.15) is 0 Å². The van der Waals surface area contributed by atoms with E-state index in [0.717, 1.165) is 25.8 Å². The van der Waals surface area contributed by atoms with Crippen molar-refractivity contribution in [3.05, 3.63) is 0 Å². The van der Waals surface area contributed by atoms with Crippen LogP contribution in [0.1, 0.15) is 38.5 Å². The minimum atomic E-state index is -0.945. The number of carboxylic acid groups (broad SMARTS) is 1. The molecular weight excluding hydrogens is 286 g/mol. The van der Waals surface area contributed by atoms with Crippen LogP contribution in [0.3, 0.4) is 0 Å². The lowest BCUT2D eigenvalue weighted by atomic mass is 10.1. The number of nitrogens with one attached hydrogen (secondary N) is 1. The SMILES string of the molecule is O=C(O)[C@H]1CCCN1C(=O)[C@@H]1CCCN1C(=O)[C@@H]1CCCN1. The van der Waals surface area contributed by atoms with Gasteiger partial charge in [0.2, 0.25) is 11.8 Å². The van der Waals surface area contributed by atoms with Crippen molar-refractivity contribution < 1.29 is 19.5 Å². The molecule has 3 rings (SSSR count). The molecule has 3 fully saturated rings. The molecule has 3 aliphatic rings. The maximum absolute atomic E-state index is 12.7. The summed E-state index contributed by atoms with van der Waals surface area (Å²) in [5.74, 6) is -1.13. The van der Waals surface area contributed by atoms with Crippen LogP contribution in [0, 0.1) is 0 Å². The van der Waals surface area contributed by atoms with Crippen LogP contribution in [-0.2, 0) is 14.4 Å². The van der Waals surface area contributed by atoms with E-state index in [1.165, 1.54) is 4.90 Å². The smallest absolute Gasteiger partial charge is 0.326 e. The Morgan fingerprint density at radius 1 is 0.864 bits per heavy atom. The summed E-state index contributed by atoms with van der Waals surface area (Å²) in [4.78, 5) is 39.7. The highest BCUT2D eigenvalue weighted by molar-refractivity contribution is 5.92. The van der Waals surface area contributed by atoms with E-state index in [4.69, 9.17) is 0 Å². The molecular formula is C15H23N3O4. The number of hydrogen-bond acceptors (Lipinski definition) is 4. The number of carboxylic acids is 1. The van der Waals surface area contributed by atoms with E-state index < -0.39 is 18.1 Å². The number of aliphatic carboxylic acids is 1. The second-order valence-electron chi connectivity index (χ2n) is 6.37. The van der Waals surface area contributed by atoms with Crippen LogP contribution in [0.15, 0.2) is 0 Å². The van der Waals surface area contributed by atoms with E-state index in [1.54, 1.807) is 4.90 Å². The van der Waals surface area contributed by atoms with E-state index in [-0.39, 0.29) is 17.9 Å². The molecule has 0 aliphatic carbocycles. The van der Waals surface area contributed by atoms with Crippen molar-refractivity contribution in [3.8, 4) is 0 Å². The van der Waals surface area contributed by atoms with Gasteiger partial charge in [0.1, 0.15) is 12.1 Å². The Morgan fingerprint density at radius 2 is 1.50 bits per heavy atom. The van der Waals surface area contributed by atoms with E-state index in [0.29, 0.717) is 32.4 Å². The molecule has 0 bridgehead atoms. The van der Waals surface area contributed by atoms with Gasteiger partial charge in [-0.25, -0.2) is 4.79 Å². The number of carbonyl (C=O) groups is 3. The minimum absolute atomic E-state index is 0.000535. The summed E-state index contributed by atoms with van der Waals surface area (Å²) in [6.07, 6.45) is 4.47. The molecule has 0 unspecified atom stereocenters. The Bertz CT molecular complexity index is 475. The number of amides is 2. The maximum Gasteiger partial charge on any atom is 0.326 e. The number of carbonyl (C=O) groups excluding carboxylic acids is 2. The zero-order chi connectivity index (χ0) is 15.7. The Labute approximate surface area is 129 Å². The monoisotopic (exact) mass is 309 g/mol. The van der Waals surface area contributed by atoms with Crippen molar-refractivity contribution in [2.45, 2.75) is 56.7 Å². The van der Waals surface area contributed by atoms with Gasteiger partial charge in [-0.1, -0.05) is 0 Å². The largest absolute Gasteiger partial charge is 0.480 e. The molecule has 0 saturated carbocycles. The molecule has 0 aromatic carbocycles. The molecule has 3 aliphatic heterocycles. The van der Waals surface area contributed by atoms with Crippen molar-refractivity contribution in [2.75, 3.05) is 19.6 Å². The minimum Gasteiger partial charge on any atom is -0.480 e. The van der Waals surface area contributed by atoms with Crippen molar-refractivity contribution in [3.63, 3.8) is 0 Å². The maximum atomic E-state index is 12.7. The third-order valence-corrected chi connectivity index (χ3v) is 5.00. The summed E-state index contributed by atoms with van der Waals surface area (Å²) >= 11 is 0. The van der Waals surface area contributed by atoms with Crippen LogP contribution in [0.2, 0.25) is 0 Å². The number of nitrogens with zero attached hydrogens (tertiary/aromatic N) is 2. The highest BCUT2D eigenvalue weighted by Gasteiger charge is 2.43. The van der Waals surface area contributed by atoms with Crippen LogP contribution < -0.4 is 5.32 Å². The van der Waals surface area contributed by atoms with Gasteiger partial charge in [0.25, 0.3) is 0 Å². The van der Waals surface area contributed by atoms with Crippen molar-refractivity contribution in [1.29, 1.82) is 0 Å². The fraction of sp³-hybridized carbons (Fsp3) is 0.800. The molecule has 2 amide bonds. The number of rotatable bonds is 3. The van der Waals surface area contributed by atoms with Gasteiger partial charge in [0.15, 0.2) is 0 Å². The fourth-order valence-electron chi connectivity index (χ4n) is 3.86. The summed E-state index contributed by atoms with van der Waals surface area (Å²) in [5.41, 5.74) is 0. The first-order valence-corrected chi connectivity index (χ1v) is 8.17. The van der Waals surface area contributed by atoms with Gasteiger partial charge in [-0.05, 0) is 45.1 Å². The Morgan fingerprint density at radius 3 is 2.09 bits per heavy atom. The standard InChI is InChI=1S/C15H23N3O4/c19-13(10-4-1-7-16-10)17-8-2-5-11(17)14(20)18-9-3-6-12(18)15(21)22/h10-12,16H,1-9H2,(H,21,22)/t10-,11-,12+/m0/s1. The van der Waals surface area contributed by atoms with Crippen LogP contribution in [-0.4, -0.2) is 70.4 Å². The summed E-state index contributed by atoms with van der Waals surface area (Å²) in [6, 6.07) is -1.38. The lowest BCUT2D eigenvalue weighted by molar-refractivity contribution is -0.152. The van der Waals surface area contributed by atoms with Gasteiger partial charge >= 0.3 is 5.97 Å². The first kappa shape index (κ1) is 15.3. The van der Waals surface area contributed by atoms with Crippen LogP contribution in [0.25, 0.3) is 0 Å². The fourth-order valence-corrected chi connectivity index (χ4v) is 3.86. The zero-order valence-electron chi connectivity index (χ0n) is 12.7. The highest BCUT2D eigenvalue weighted by atomic mass is 16.4. The van der Waals surface area contributed by atoms with Crippen LogP contribution in [0.5, 0.6) is 0 Å². The van der Waals surface area contributed by atoms with Gasteiger partial charge in [0, 0.05) is 13.1 Å². The molecule has 3 saturated heterocycles. The molecule has 0 spiro atoms. The molecule has 3 heterocycles. The second-order valence-corrected chi connectivity index (χ2v) is 6.37. The van der Waals surface area contributed by atoms with Crippen molar-refractivity contribution >= 4 is 17.8 Å². The summed E-state index contributed by atoms with van der Waals surface area (Å²) in [6.45, 7) is 1.92. The van der Waals surface area contributed by atoms with Gasteiger partial charge in [0.05, 0.1) is 6.04 Å². The molecule has 2 N–H and O–H groups in total. The normalized spacial score (nSPS) is 31.7. The lowest BCUT2D eigenvalue weighted by Crippen LogP contribution is -2.53. The highest BCUT2D eigenvalue weighted by Crippen LogP contribution is 2.26. The topological polar surface area (TPSA) is 90.0 Å². The Kier molecular flexibility index (Phi) is 4.33. The van der Waals surface area contributed by atoms with Gasteiger partial charge < -0.3 is 20.2 Å². The van der Waals surface area contributed by atoms with Crippen molar-refractivity contribution in [1.82, 2.24) is 15.1 Å². The van der Waals surface area contributed by atoms with Crippen molar-refractivity contribution in [2.24, 2.45) is 0 Å². The molecule has 0 aromatic rings. The van der Waals surface area contributed by atoms with Gasteiger partial charge in [-0.15, -0.1) is 0 Å². The predicted molar refractivity (Wildman–Crippen MR) is 78.1 cm³/mol. The number of likely N-dealkylation sites (tertiary alicyclic amines) is 2. The third-order valence-electron chi connectivity index (χ3n) is 5.00. The summed E-state index contributed by atoms with van der Waals surface area (Å²) in [5, 5.41) is 12.4. The molecule has 122 valence electrons. The summed E-state index contributed by atoms with van der Waals surface area (Å²) < 4.78 is 0. The Balaban J connectivity index is 1.70. The van der Waals surface area contributed by atoms with E-state index in [2.05, 4.69) is 5.32 Å². The Hall–Kier alpha value is -1.63. The molecule has 3 atom stereocenters. The predicted octanol–water partition coefficient (Wildman–Crippen LogP) is -0.195. The van der Waals surface area contributed by atoms with E-state index >= 15 is 0 Å². The van der Waals surface area contributed by atoms with E-state index in [9.17, 15) is 19.5 Å². The molecule has 7 heteroatoms. The molecule has 22 heavy (non-hydrogen) atoms. The molecule has 0 aromatic heterocycles. The third kappa shape index (κ3) is 2.69. The molecule has 0 radical (unpaired) electrons. The first-order valence-electron chi connectivity index (χ1n) is 8.17. The molecule has 7 nitrogen and oxygen atoms in total. The lowest BCUT2D eigenvalue weighted by Gasteiger charge is -2.31. The quantitative estimate of drug-likeness (QED) is 0.754. The van der Waals surface area contributed by atoms with Gasteiger partial charge in [-0.3, -0.25) is 9.59 Å². The van der Waals surface area contributed by atoms with Crippen LogP contribution in [0.4, 0.5) is 0 Å². The second kappa shape index (κ2) is 6.24. The van der Waals surface area contributed by atoms with E-state index in [1.807, 2.05) is 0 Å².